The van der Waals surface area contributed by atoms with Crippen LogP contribution in [0.2, 0.25) is 18.1 Å². The highest BCUT2D eigenvalue weighted by Gasteiger charge is 2.39. The summed E-state index contributed by atoms with van der Waals surface area (Å²) in [5.41, 5.74) is 3.70. The summed E-state index contributed by atoms with van der Waals surface area (Å²) in [6, 6.07) is 0. The highest BCUT2D eigenvalue weighted by molar-refractivity contribution is 7.09. The molecule has 0 aliphatic carbocycles. The summed E-state index contributed by atoms with van der Waals surface area (Å²) in [6.45, 7) is 17.4. The minimum atomic E-state index is -1.84. The largest absolute Gasteiger partial charge is 0.410 e. The van der Waals surface area contributed by atoms with Crippen molar-refractivity contribution in [2.45, 2.75) is 71.7 Å². The second-order valence-corrected chi connectivity index (χ2v) is 14.3. The molecule has 2 rings (SSSR count). The van der Waals surface area contributed by atoms with Gasteiger partial charge < -0.3 is 9.16 Å². The number of hydrogen-bond acceptors (Lipinski definition) is 4. The van der Waals surface area contributed by atoms with Crippen molar-refractivity contribution >= 4 is 25.7 Å². The van der Waals surface area contributed by atoms with Gasteiger partial charge in [0, 0.05) is 5.38 Å². The smallest absolute Gasteiger partial charge is 0.192 e. The standard InChI is InChI=1S/C20H33NO2SSi/c1-15(12-18-14-24-16(2)21-18)19(9-8-17-10-11-22-13-17)23-25(6,7)20(3,4)5/h8,12,14,19H,9-11,13H2,1-7H3/b15-12+,17-8+/t19-/m0/s1. The summed E-state index contributed by atoms with van der Waals surface area (Å²) in [5, 5.41) is 3.42. The number of rotatable bonds is 6. The van der Waals surface area contributed by atoms with E-state index in [-0.39, 0.29) is 11.1 Å². The third kappa shape index (κ3) is 5.88. The van der Waals surface area contributed by atoms with Crippen LogP contribution in [-0.2, 0) is 9.16 Å². The number of nitrogens with zero attached hydrogens (tertiary/aromatic N) is 1. The quantitative estimate of drug-likeness (QED) is 0.450. The van der Waals surface area contributed by atoms with Crippen LogP contribution >= 0.6 is 11.3 Å². The molecule has 5 heteroatoms. The lowest BCUT2D eigenvalue weighted by molar-refractivity contribution is 0.204. The van der Waals surface area contributed by atoms with Crippen LogP contribution in [0.15, 0.2) is 22.6 Å². The Morgan fingerprint density at radius 1 is 1.44 bits per heavy atom. The molecule has 0 N–H and O–H groups in total. The fourth-order valence-electron chi connectivity index (χ4n) is 2.55. The second kappa shape index (κ2) is 8.29. The zero-order valence-corrected chi connectivity index (χ0v) is 18.6. The number of aryl methyl sites for hydroxylation is 1. The van der Waals surface area contributed by atoms with Crippen LogP contribution in [0.25, 0.3) is 6.08 Å². The molecule has 0 saturated carbocycles. The van der Waals surface area contributed by atoms with Gasteiger partial charge in [-0.05, 0) is 62.0 Å². The molecule has 1 atom stereocenters. The SMILES string of the molecule is C/C(=C\c1csc(C)n1)[C@H](C/C=C1\CCOC1)O[Si](C)(C)C(C)(C)C. The van der Waals surface area contributed by atoms with Gasteiger partial charge in [0.2, 0.25) is 0 Å². The first-order valence-corrected chi connectivity index (χ1v) is 12.9. The van der Waals surface area contributed by atoms with E-state index in [0.717, 1.165) is 36.8 Å². The van der Waals surface area contributed by atoms with Crippen LogP contribution in [0.3, 0.4) is 0 Å². The summed E-state index contributed by atoms with van der Waals surface area (Å²) < 4.78 is 12.2. The van der Waals surface area contributed by atoms with Crippen LogP contribution in [0.4, 0.5) is 0 Å². The summed E-state index contributed by atoms with van der Waals surface area (Å²) in [7, 11) is -1.84. The minimum Gasteiger partial charge on any atom is -0.410 e. The predicted molar refractivity (Wildman–Crippen MR) is 111 cm³/mol. The van der Waals surface area contributed by atoms with Crippen molar-refractivity contribution < 1.29 is 9.16 Å². The molecular weight excluding hydrogens is 346 g/mol. The second-order valence-electron chi connectivity index (χ2n) is 8.45. The van der Waals surface area contributed by atoms with Gasteiger partial charge in [0.15, 0.2) is 8.32 Å². The molecule has 140 valence electrons. The zero-order valence-electron chi connectivity index (χ0n) is 16.8. The summed E-state index contributed by atoms with van der Waals surface area (Å²) >= 11 is 1.69. The molecule has 0 radical (unpaired) electrons. The van der Waals surface area contributed by atoms with Crippen molar-refractivity contribution in [3.05, 3.63) is 33.3 Å². The Kier molecular flexibility index (Phi) is 6.82. The first kappa shape index (κ1) is 20.6. The van der Waals surface area contributed by atoms with Crippen molar-refractivity contribution in [2.75, 3.05) is 13.2 Å². The Labute approximate surface area is 158 Å². The lowest BCUT2D eigenvalue weighted by atomic mass is 10.1. The van der Waals surface area contributed by atoms with Gasteiger partial charge in [0.25, 0.3) is 0 Å². The molecule has 1 saturated heterocycles. The van der Waals surface area contributed by atoms with E-state index in [0.29, 0.717) is 0 Å². The van der Waals surface area contributed by atoms with Gasteiger partial charge in [-0.1, -0.05) is 26.8 Å². The summed E-state index contributed by atoms with van der Waals surface area (Å²) in [5.74, 6) is 0. The zero-order chi connectivity index (χ0) is 18.7. The van der Waals surface area contributed by atoms with Crippen LogP contribution < -0.4 is 0 Å². The van der Waals surface area contributed by atoms with Gasteiger partial charge in [-0.25, -0.2) is 4.98 Å². The Morgan fingerprint density at radius 2 is 2.16 bits per heavy atom. The van der Waals surface area contributed by atoms with Crippen LogP contribution in [0.1, 0.15) is 51.2 Å². The third-order valence-electron chi connectivity index (χ3n) is 5.24. The van der Waals surface area contributed by atoms with Crippen LogP contribution in [0, 0.1) is 6.92 Å². The Bertz CT molecular complexity index is 632. The molecule has 0 amide bonds. The third-order valence-corrected chi connectivity index (χ3v) is 10.5. The summed E-state index contributed by atoms with van der Waals surface area (Å²) in [4.78, 5) is 4.58. The van der Waals surface area contributed by atoms with Gasteiger partial charge in [-0.3, -0.25) is 0 Å². The normalized spacial score (nSPS) is 19.6. The molecule has 0 unspecified atom stereocenters. The summed E-state index contributed by atoms with van der Waals surface area (Å²) in [6.07, 6.45) is 6.59. The minimum absolute atomic E-state index is 0.107. The topological polar surface area (TPSA) is 31.4 Å². The maximum Gasteiger partial charge on any atom is 0.192 e. The molecule has 1 aromatic rings. The van der Waals surface area contributed by atoms with Gasteiger partial charge in [-0.2, -0.15) is 0 Å². The average molecular weight is 380 g/mol. The number of hydrogen-bond donors (Lipinski definition) is 0. The van der Waals surface area contributed by atoms with Crippen molar-refractivity contribution in [3.63, 3.8) is 0 Å². The van der Waals surface area contributed by atoms with E-state index in [1.54, 1.807) is 11.3 Å². The number of ether oxygens (including phenoxy) is 1. The van der Waals surface area contributed by atoms with E-state index < -0.39 is 8.32 Å². The van der Waals surface area contributed by atoms with Gasteiger partial charge >= 0.3 is 0 Å². The lowest BCUT2D eigenvalue weighted by Crippen LogP contribution is -2.44. The lowest BCUT2D eigenvalue weighted by Gasteiger charge is -2.39. The maximum absolute atomic E-state index is 6.76. The fraction of sp³-hybridized carbons (Fsp3) is 0.650. The van der Waals surface area contributed by atoms with E-state index in [4.69, 9.17) is 9.16 Å². The van der Waals surface area contributed by atoms with Gasteiger partial charge in [-0.15, -0.1) is 11.3 Å². The van der Waals surface area contributed by atoms with E-state index in [9.17, 15) is 0 Å². The van der Waals surface area contributed by atoms with Crippen molar-refractivity contribution in [1.82, 2.24) is 4.98 Å². The van der Waals surface area contributed by atoms with E-state index in [1.165, 1.54) is 11.1 Å². The number of aromatic nitrogens is 1. The Hall–Kier alpha value is -0.753. The molecule has 2 heterocycles. The average Bonchev–Trinajstić information content (AvgIpc) is 3.13. The Balaban J connectivity index is 2.21. The van der Waals surface area contributed by atoms with Gasteiger partial charge in [0.1, 0.15) is 0 Å². The maximum atomic E-state index is 6.76. The molecule has 3 nitrogen and oxygen atoms in total. The molecule has 0 aromatic carbocycles. The molecule has 1 fully saturated rings. The van der Waals surface area contributed by atoms with E-state index in [1.807, 2.05) is 6.92 Å². The van der Waals surface area contributed by atoms with Crippen LogP contribution in [0.5, 0.6) is 0 Å². The van der Waals surface area contributed by atoms with E-state index >= 15 is 0 Å². The first-order valence-electron chi connectivity index (χ1n) is 9.12. The predicted octanol–water partition coefficient (Wildman–Crippen LogP) is 5.98. The molecule has 0 bridgehead atoms. The highest BCUT2D eigenvalue weighted by Crippen LogP contribution is 2.38. The molecule has 1 aliphatic heterocycles. The Morgan fingerprint density at radius 3 is 2.68 bits per heavy atom. The van der Waals surface area contributed by atoms with Crippen molar-refractivity contribution in [1.29, 1.82) is 0 Å². The van der Waals surface area contributed by atoms with E-state index in [2.05, 4.69) is 63.3 Å². The molecule has 1 aliphatic rings. The first-order chi connectivity index (χ1) is 11.6. The molecule has 25 heavy (non-hydrogen) atoms. The molecule has 1 aromatic heterocycles. The monoisotopic (exact) mass is 379 g/mol. The molecule has 0 spiro atoms. The number of thiazole rings is 1. The van der Waals surface area contributed by atoms with Crippen molar-refractivity contribution in [3.8, 4) is 0 Å². The van der Waals surface area contributed by atoms with Gasteiger partial charge in [0.05, 0.1) is 30.0 Å². The molecular formula is C20H33NO2SSi. The fourth-order valence-corrected chi connectivity index (χ4v) is 4.46. The highest BCUT2D eigenvalue weighted by atomic mass is 32.1. The van der Waals surface area contributed by atoms with Crippen LogP contribution in [-0.4, -0.2) is 32.6 Å². The van der Waals surface area contributed by atoms with Crippen molar-refractivity contribution in [2.24, 2.45) is 0 Å².